The molecule has 2 saturated heterocycles. The smallest absolute Gasteiger partial charge is 0.230 e. The van der Waals surface area contributed by atoms with Gasteiger partial charge >= 0.3 is 0 Å². The standard InChI is InChI=1S/C19H25ClN3O2/c20-16-3-1-10-21-17(16)22-11-2-8-19(13-22)9-12-23(18(19)25)14-4-6-15(24)7-5-14/h3,10,14-15,24H,2,4-9,11-13H2/t14?,15?,19-/m1/s1. The van der Waals surface area contributed by atoms with E-state index >= 15 is 0 Å². The number of halogens is 1. The number of hydrogen-bond donors (Lipinski definition) is 1. The molecule has 1 aromatic rings. The number of aromatic nitrogens is 1. The lowest BCUT2D eigenvalue weighted by atomic mass is 9.78. The van der Waals surface area contributed by atoms with Gasteiger partial charge in [0.25, 0.3) is 0 Å². The van der Waals surface area contributed by atoms with Crippen LogP contribution >= 0.6 is 11.6 Å². The molecule has 3 aliphatic rings. The fourth-order valence-corrected chi connectivity index (χ4v) is 5.06. The normalized spacial score (nSPS) is 33.3. The van der Waals surface area contributed by atoms with E-state index in [1.54, 1.807) is 12.3 Å². The molecule has 4 rings (SSSR count). The monoisotopic (exact) mass is 362 g/mol. The summed E-state index contributed by atoms with van der Waals surface area (Å²) in [5.74, 6) is 1.07. The van der Waals surface area contributed by atoms with Crippen LogP contribution in [0.2, 0.25) is 5.02 Å². The van der Waals surface area contributed by atoms with E-state index in [9.17, 15) is 9.90 Å². The molecule has 1 spiro atoms. The highest BCUT2D eigenvalue weighted by Crippen LogP contribution is 2.43. The number of rotatable bonds is 2. The maximum absolute atomic E-state index is 13.3. The number of aliphatic hydroxyl groups is 1. The Hall–Kier alpha value is -1.33. The Labute approximate surface area is 154 Å². The molecule has 1 radical (unpaired) electrons. The lowest BCUT2D eigenvalue weighted by Crippen LogP contribution is -2.50. The molecule has 25 heavy (non-hydrogen) atoms. The number of anilines is 1. The predicted molar refractivity (Wildman–Crippen MR) is 96.6 cm³/mol. The number of nitrogens with zero attached hydrogens (tertiary/aromatic N) is 3. The first-order valence-electron chi connectivity index (χ1n) is 9.35. The van der Waals surface area contributed by atoms with E-state index in [0.717, 1.165) is 63.9 Å². The van der Waals surface area contributed by atoms with Crippen molar-refractivity contribution in [3.8, 4) is 0 Å². The number of amides is 1. The van der Waals surface area contributed by atoms with Gasteiger partial charge in [-0.15, -0.1) is 0 Å². The molecule has 0 bridgehead atoms. The van der Waals surface area contributed by atoms with Crippen molar-refractivity contribution in [2.75, 3.05) is 24.5 Å². The summed E-state index contributed by atoms with van der Waals surface area (Å²) in [6, 6.07) is 4.94. The van der Waals surface area contributed by atoms with Gasteiger partial charge in [-0.2, -0.15) is 0 Å². The van der Waals surface area contributed by atoms with Crippen molar-refractivity contribution in [3.05, 3.63) is 23.4 Å². The van der Waals surface area contributed by atoms with Crippen LogP contribution < -0.4 is 4.90 Å². The summed E-state index contributed by atoms with van der Waals surface area (Å²) >= 11 is 6.30. The fraction of sp³-hybridized carbons (Fsp3) is 0.684. The van der Waals surface area contributed by atoms with E-state index in [0.29, 0.717) is 23.5 Å². The van der Waals surface area contributed by atoms with Crippen LogP contribution in [0.1, 0.15) is 44.9 Å². The minimum absolute atomic E-state index is 0.184. The van der Waals surface area contributed by atoms with Gasteiger partial charge in [0.2, 0.25) is 5.91 Å². The van der Waals surface area contributed by atoms with Crippen LogP contribution in [0.3, 0.4) is 0 Å². The molecular weight excluding hydrogens is 338 g/mol. The van der Waals surface area contributed by atoms with Crippen LogP contribution in [0.4, 0.5) is 5.82 Å². The van der Waals surface area contributed by atoms with Gasteiger partial charge in [0.1, 0.15) is 5.82 Å². The number of piperidine rings is 1. The molecule has 1 saturated carbocycles. The molecule has 3 fully saturated rings. The van der Waals surface area contributed by atoms with Crippen LogP contribution in [-0.2, 0) is 4.79 Å². The number of hydrogen-bond acceptors (Lipinski definition) is 4. The van der Waals surface area contributed by atoms with Crippen molar-refractivity contribution in [1.29, 1.82) is 0 Å². The van der Waals surface area contributed by atoms with Crippen molar-refractivity contribution in [3.63, 3.8) is 0 Å². The molecule has 5 nitrogen and oxygen atoms in total. The molecule has 1 N–H and O–H groups in total. The number of aliphatic hydroxyl groups excluding tert-OH is 1. The maximum atomic E-state index is 13.3. The summed E-state index contributed by atoms with van der Waals surface area (Å²) < 4.78 is 0. The van der Waals surface area contributed by atoms with Crippen molar-refractivity contribution in [2.24, 2.45) is 5.41 Å². The Balaban J connectivity index is 1.50. The zero-order chi connectivity index (χ0) is 17.4. The van der Waals surface area contributed by atoms with Crippen LogP contribution in [-0.4, -0.2) is 52.7 Å². The summed E-state index contributed by atoms with van der Waals surface area (Å²) in [5, 5.41) is 10.3. The van der Waals surface area contributed by atoms with Crippen molar-refractivity contribution in [1.82, 2.24) is 9.88 Å². The summed E-state index contributed by atoms with van der Waals surface area (Å²) in [7, 11) is 0. The van der Waals surface area contributed by atoms with E-state index in [1.165, 1.54) is 0 Å². The number of carbonyl (C=O) groups excluding carboxylic acids is 1. The van der Waals surface area contributed by atoms with E-state index < -0.39 is 0 Å². The lowest BCUT2D eigenvalue weighted by Gasteiger charge is -2.41. The summed E-state index contributed by atoms with van der Waals surface area (Å²) in [6.45, 7) is 2.44. The Morgan fingerprint density at radius 1 is 1.24 bits per heavy atom. The Kier molecular flexibility index (Phi) is 4.63. The molecule has 1 aliphatic carbocycles. The third-order valence-electron chi connectivity index (χ3n) is 6.21. The second-order valence-corrected chi connectivity index (χ2v) is 8.16. The molecule has 135 valence electrons. The van der Waals surface area contributed by atoms with Gasteiger partial charge in [-0.1, -0.05) is 11.6 Å². The van der Waals surface area contributed by atoms with Gasteiger partial charge < -0.3 is 14.9 Å². The van der Waals surface area contributed by atoms with Crippen LogP contribution in [0.5, 0.6) is 0 Å². The zero-order valence-corrected chi connectivity index (χ0v) is 15.2. The van der Waals surface area contributed by atoms with Crippen LogP contribution in [0, 0.1) is 11.5 Å². The fourth-order valence-electron chi connectivity index (χ4n) is 4.82. The molecule has 1 atom stereocenters. The van der Waals surface area contributed by atoms with E-state index in [2.05, 4.69) is 20.9 Å². The highest BCUT2D eigenvalue weighted by atomic mass is 35.5. The minimum atomic E-state index is -0.293. The third kappa shape index (κ3) is 3.13. The first kappa shape index (κ1) is 17.1. The van der Waals surface area contributed by atoms with Gasteiger partial charge in [-0.05, 0) is 51.0 Å². The van der Waals surface area contributed by atoms with Gasteiger partial charge in [0.05, 0.1) is 16.5 Å². The van der Waals surface area contributed by atoms with Crippen LogP contribution in [0.15, 0.2) is 12.3 Å². The Bertz CT molecular complexity index is 647. The quantitative estimate of drug-likeness (QED) is 0.878. The van der Waals surface area contributed by atoms with Crippen molar-refractivity contribution >= 4 is 23.3 Å². The highest BCUT2D eigenvalue weighted by molar-refractivity contribution is 6.32. The summed E-state index contributed by atoms with van der Waals surface area (Å²) in [4.78, 5) is 22.0. The molecule has 1 amide bonds. The SMILES string of the molecule is O=C1N(C2CCC(O)CC2)CC[C@@]12CCCN(c1nc[c]cc1Cl)C2. The molecule has 0 unspecified atom stereocenters. The van der Waals surface area contributed by atoms with Gasteiger partial charge in [-0.3, -0.25) is 4.79 Å². The Morgan fingerprint density at radius 2 is 2.04 bits per heavy atom. The van der Waals surface area contributed by atoms with Crippen molar-refractivity contribution < 1.29 is 9.90 Å². The second-order valence-electron chi connectivity index (χ2n) is 7.76. The zero-order valence-electron chi connectivity index (χ0n) is 14.5. The van der Waals surface area contributed by atoms with E-state index in [-0.39, 0.29) is 11.5 Å². The second kappa shape index (κ2) is 6.76. The first-order chi connectivity index (χ1) is 12.1. The van der Waals surface area contributed by atoms with Gasteiger partial charge in [-0.25, -0.2) is 4.98 Å². The van der Waals surface area contributed by atoms with Crippen molar-refractivity contribution in [2.45, 2.75) is 57.1 Å². The average molecular weight is 363 g/mol. The molecule has 1 aromatic heterocycles. The van der Waals surface area contributed by atoms with Gasteiger partial charge in [0, 0.05) is 37.9 Å². The topological polar surface area (TPSA) is 56.7 Å². The van der Waals surface area contributed by atoms with Gasteiger partial charge in [0.15, 0.2) is 0 Å². The molecular formula is C19H25ClN3O2. The first-order valence-corrected chi connectivity index (χ1v) is 9.72. The lowest BCUT2D eigenvalue weighted by molar-refractivity contribution is -0.139. The van der Waals surface area contributed by atoms with E-state index in [4.69, 9.17) is 11.6 Å². The van der Waals surface area contributed by atoms with Crippen LogP contribution in [0.25, 0.3) is 0 Å². The third-order valence-corrected chi connectivity index (χ3v) is 6.49. The molecule has 0 aromatic carbocycles. The average Bonchev–Trinajstić information content (AvgIpc) is 2.92. The maximum Gasteiger partial charge on any atom is 0.230 e. The number of carbonyl (C=O) groups is 1. The number of likely N-dealkylation sites (tertiary alicyclic amines) is 1. The minimum Gasteiger partial charge on any atom is -0.393 e. The predicted octanol–water partition coefficient (Wildman–Crippen LogP) is 2.66. The Morgan fingerprint density at radius 3 is 2.80 bits per heavy atom. The largest absolute Gasteiger partial charge is 0.393 e. The van der Waals surface area contributed by atoms with E-state index in [1.807, 2.05) is 0 Å². The highest BCUT2D eigenvalue weighted by Gasteiger charge is 2.50. The molecule has 3 heterocycles. The molecule has 2 aliphatic heterocycles. The summed E-state index contributed by atoms with van der Waals surface area (Å²) in [6.07, 6.45) is 7.78. The molecule has 6 heteroatoms. The number of pyridine rings is 1. The summed E-state index contributed by atoms with van der Waals surface area (Å²) in [5.41, 5.74) is -0.293.